The molecule has 0 fully saturated rings. The largest absolute Gasteiger partial charge is 0.378 e. The van der Waals surface area contributed by atoms with Crippen molar-refractivity contribution in [3.05, 3.63) is 36.2 Å². The van der Waals surface area contributed by atoms with Gasteiger partial charge in [-0.15, -0.1) is 10.2 Å². The third kappa shape index (κ3) is 2.62. The average molecular weight is 246 g/mol. The molecule has 2 rings (SSSR count). The van der Waals surface area contributed by atoms with Crippen molar-refractivity contribution in [2.24, 2.45) is 5.73 Å². The molecule has 0 aliphatic carbocycles. The number of nitrogens with one attached hydrogen (secondary N) is 1. The van der Waals surface area contributed by atoms with Crippen LogP contribution in [-0.4, -0.2) is 25.7 Å². The van der Waals surface area contributed by atoms with Crippen LogP contribution in [-0.2, 0) is 13.1 Å². The summed E-state index contributed by atoms with van der Waals surface area (Å²) in [5.41, 5.74) is 6.16. The van der Waals surface area contributed by atoms with E-state index in [1.54, 1.807) is 18.5 Å². The number of rotatable bonds is 5. The van der Waals surface area contributed by atoms with Gasteiger partial charge in [-0.3, -0.25) is 9.78 Å². The number of carbonyl (C=O) groups is 1. The Hall–Kier alpha value is -2.44. The Morgan fingerprint density at radius 3 is 3.11 bits per heavy atom. The molecule has 7 nitrogen and oxygen atoms in total. The van der Waals surface area contributed by atoms with Gasteiger partial charge in [0, 0.05) is 18.4 Å². The van der Waals surface area contributed by atoms with Crippen molar-refractivity contribution in [1.82, 2.24) is 19.7 Å². The lowest BCUT2D eigenvalue weighted by Gasteiger charge is -2.07. The van der Waals surface area contributed by atoms with Crippen LogP contribution in [0.5, 0.6) is 0 Å². The summed E-state index contributed by atoms with van der Waals surface area (Å²) >= 11 is 0. The molecule has 2 aromatic rings. The summed E-state index contributed by atoms with van der Waals surface area (Å²) in [6, 6.07) is 3.37. The number of carbonyl (C=O) groups excluding carboxylic acids is 1. The molecule has 18 heavy (non-hydrogen) atoms. The van der Waals surface area contributed by atoms with Gasteiger partial charge >= 0.3 is 0 Å². The minimum absolute atomic E-state index is 0.233. The first-order valence-electron chi connectivity index (χ1n) is 5.57. The van der Waals surface area contributed by atoms with E-state index >= 15 is 0 Å². The van der Waals surface area contributed by atoms with Gasteiger partial charge in [0.15, 0.2) is 5.82 Å². The zero-order valence-electron chi connectivity index (χ0n) is 10.00. The number of hydrogen-bond acceptors (Lipinski definition) is 5. The number of aromatic nitrogens is 4. The van der Waals surface area contributed by atoms with E-state index in [2.05, 4.69) is 20.5 Å². The van der Waals surface area contributed by atoms with Gasteiger partial charge in [-0.25, -0.2) is 0 Å². The molecule has 0 saturated carbocycles. The fourth-order valence-corrected chi connectivity index (χ4v) is 1.54. The minimum atomic E-state index is -0.546. The molecule has 2 aromatic heterocycles. The first-order chi connectivity index (χ1) is 8.70. The maximum atomic E-state index is 11.0. The van der Waals surface area contributed by atoms with E-state index in [0.717, 1.165) is 18.1 Å². The van der Waals surface area contributed by atoms with Crippen LogP contribution in [0.25, 0.3) is 0 Å². The Bertz CT molecular complexity index is 550. The number of hydrogen-bond donors (Lipinski definition) is 2. The molecule has 0 saturated heterocycles. The van der Waals surface area contributed by atoms with E-state index < -0.39 is 5.91 Å². The van der Waals surface area contributed by atoms with Crippen molar-refractivity contribution in [2.75, 3.05) is 5.32 Å². The predicted molar refractivity (Wildman–Crippen MR) is 65.8 cm³/mol. The zero-order valence-corrected chi connectivity index (χ0v) is 10.00. The Morgan fingerprint density at radius 2 is 2.39 bits per heavy atom. The third-order valence-electron chi connectivity index (χ3n) is 2.50. The molecule has 0 aromatic carbocycles. The van der Waals surface area contributed by atoms with E-state index in [4.69, 9.17) is 5.73 Å². The topological polar surface area (TPSA) is 98.7 Å². The number of anilines is 1. The summed E-state index contributed by atoms with van der Waals surface area (Å²) in [5.74, 6) is 0.283. The van der Waals surface area contributed by atoms with Gasteiger partial charge in [0.25, 0.3) is 5.91 Å². The van der Waals surface area contributed by atoms with Gasteiger partial charge in [-0.2, -0.15) is 0 Å². The summed E-state index contributed by atoms with van der Waals surface area (Å²) in [5, 5.41) is 11.0. The fraction of sp³-hybridized carbons (Fsp3) is 0.273. The number of pyridine rings is 1. The van der Waals surface area contributed by atoms with Gasteiger partial charge in [0.1, 0.15) is 12.0 Å². The van der Waals surface area contributed by atoms with Crippen molar-refractivity contribution >= 4 is 11.6 Å². The van der Waals surface area contributed by atoms with E-state index in [9.17, 15) is 4.79 Å². The maximum Gasteiger partial charge on any atom is 0.267 e. The quantitative estimate of drug-likeness (QED) is 0.795. The molecule has 0 radical (unpaired) electrons. The van der Waals surface area contributed by atoms with Crippen molar-refractivity contribution in [3.8, 4) is 0 Å². The monoisotopic (exact) mass is 246 g/mol. The first-order valence-corrected chi connectivity index (χ1v) is 5.57. The molecular formula is C11H14N6O. The zero-order chi connectivity index (χ0) is 13.0. The normalized spacial score (nSPS) is 10.3. The summed E-state index contributed by atoms with van der Waals surface area (Å²) in [6.45, 7) is 3.35. The first kappa shape index (κ1) is 12.0. The number of amides is 1. The Morgan fingerprint density at radius 1 is 1.56 bits per heavy atom. The molecule has 1 amide bonds. The van der Waals surface area contributed by atoms with Crippen LogP contribution in [0.4, 0.5) is 5.69 Å². The van der Waals surface area contributed by atoms with Crippen LogP contribution >= 0.6 is 0 Å². The predicted octanol–water partition coefficient (Wildman–Crippen LogP) is 0.404. The second-order valence-electron chi connectivity index (χ2n) is 3.68. The highest BCUT2D eigenvalue weighted by Gasteiger charge is 2.05. The van der Waals surface area contributed by atoms with Crippen molar-refractivity contribution in [2.45, 2.75) is 20.0 Å². The van der Waals surface area contributed by atoms with Gasteiger partial charge in [0.2, 0.25) is 0 Å². The number of aryl methyl sites for hydroxylation is 1. The molecule has 0 aliphatic rings. The standard InChI is InChI=1S/C11H14N6O/c1-2-17-7-15-16-10(17)6-14-8-3-4-13-9(5-8)11(12)18/h3-5,7H,2,6H2,1H3,(H2,12,18)(H,13,14). The van der Waals surface area contributed by atoms with E-state index in [1.807, 2.05) is 11.5 Å². The van der Waals surface area contributed by atoms with Crippen LogP contribution in [0.15, 0.2) is 24.7 Å². The van der Waals surface area contributed by atoms with E-state index in [0.29, 0.717) is 6.54 Å². The van der Waals surface area contributed by atoms with Gasteiger partial charge < -0.3 is 15.6 Å². The Balaban J connectivity index is 2.06. The smallest absolute Gasteiger partial charge is 0.267 e. The molecule has 94 valence electrons. The molecule has 0 bridgehead atoms. The minimum Gasteiger partial charge on any atom is -0.378 e. The summed E-state index contributed by atoms with van der Waals surface area (Å²) in [7, 11) is 0. The van der Waals surface area contributed by atoms with Crippen molar-refractivity contribution in [3.63, 3.8) is 0 Å². The lowest BCUT2D eigenvalue weighted by Crippen LogP contribution is -2.13. The van der Waals surface area contributed by atoms with Crippen LogP contribution in [0, 0.1) is 0 Å². The number of primary amides is 1. The van der Waals surface area contributed by atoms with Crippen LogP contribution in [0.1, 0.15) is 23.2 Å². The molecular weight excluding hydrogens is 232 g/mol. The average Bonchev–Trinajstić information content (AvgIpc) is 2.84. The molecule has 0 unspecified atom stereocenters. The summed E-state index contributed by atoms with van der Waals surface area (Å²) in [4.78, 5) is 14.9. The van der Waals surface area contributed by atoms with Crippen LogP contribution in [0.3, 0.4) is 0 Å². The molecule has 0 spiro atoms. The fourth-order valence-electron chi connectivity index (χ4n) is 1.54. The highest BCUT2D eigenvalue weighted by atomic mass is 16.1. The maximum absolute atomic E-state index is 11.0. The molecule has 0 aliphatic heterocycles. The second-order valence-corrected chi connectivity index (χ2v) is 3.68. The molecule has 2 heterocycles. The SMILES string of the molecule is CCn1cnnc1CNc1ccnc(C(N)=O)c1. The van der Waals surface area contributed by atoms with Crippen LogP contribution < -0.4 is 11.1 Å². The molecule has 7 heteroatoms. The number of nitrogens with two attached hydrogens (primary N) is 1. The van der Waals surface area contributed by atoms with E-state index in [1.165, 1.54) is 6.20 Å². The highest BCUT2D eigenvalue weighted by Crippen LogP contribution is 2.09. The molecule has 3 N–H and O–H groups in total. The lowest BCUT2D eigenvalue weighted by atomic mass is 10.3. The Kier molecular flexibility index (Phi) is 3.52. The summed E-state index contributed by atoms with van der Waals surface area (Å²) < 4.78 is 1.93. The van der Waals surface area contributed by atoms with Gasteiger partial charge in [-0.1, -0.05) is 0 Å². The van der Waals surface area contributed by atoms with E-state index in [-0.39, 0.29) is 5.69 Å². The summed E-state index contributed by atoms with van der Waals surface area (Å²) in [6.07, 6.45) is 3.21. The highest BCUT2D eigenvalue weighted by molar-refractivity contribution is 5.91. The van der Waals surface area contributed by atoms with Crippen molar-refractivity contribution < 1.29 is 4.79 Å². The molecule has 0 atom stereocenters. The van der Waals surface area contributed by atoms with Crippen molar-refractivity contribution in [1.29, 1.82) is 0 Å². The second kappa shape index (κ2) is 5.26. The van der Waals surface area contributed by atoms with Gasteiger partial charge in [-0.05, 0) is 19.1 Å². The van der Waals surface area contributed by atoms with Crippen LogP contribution in [0.2, 0.25) is 0 Å². The number of nitrogens with zero attached hydrogens (tertiary/aromatic N) is 4. The Labute approximate surface area is 104 Å². The lowest BCUT2D eigenvalue weighted by molar-refractivity contribution is 0.0995. The third-order valence-corrected chi connectivity index (χ3v) is 2.50. The van der Waals surface area contributed by atoms with Gasteiger partial charge in [0.05, 0.1) is 6.54 Å².